The van der Waals surface area contributed by atoms with Crippen molar-refractivity contribution in [3.8, 4) is 5.75 Å². The van der Waals surface area contributed by atoms with Gasteiger partial charge in [-0.3, -0.25) is 23.7 Å². The van der Waals surface area contributed by atoms with Crippen LogP contribution in [-0.4, -0.2) is 52.5 Å². The van der Waals surface area contributed by atoms with Gasteiger partial charge in [0.2, 0.25) is 0 Å². The highest BCUT2D eigenvalue weighted by Gasteiger charge is 2.50. The minimum Gasteiger partial charge on any atom is -0.508 e. The Morgan fingerprint density at radius 2 is 1.73 bits per heavy atom. The fourth-order valence-corrected chi connectivity index (χ4v) is 2.61. The summed E-state index contributed by atoms with van der Waals surface area (Å²) in [4.78, 5) is 46.2. The summed E-state index contributed by atoms with van der Waals surface area (Å²) in [6.45, 7) is 3.24. The smallest absolute Gasteiger partial charge is 0.303 e. The van der Waals surface area contributed by atoms with Gasteiger partial charge in [-0.15, -0.1) is 0 Å². The second-order valence-corrected chi connectivity index (χ2v) is 5.65. The monoisotopic (exact) mass is 369 g/mol. The topological polar surface area (TPSA) is 130 Å². The van der Waals surface area contributed by atoms with Crippen LogP contribution in [0.3, 0.4) is 0 Å². The summed E-state index contributed by atoms with van der Waals surface area (Å²) in [6.07, 6.45) is -3.10. The molecule has 0 saturated carbocycles. The zero-order chi connectivity index (χ0) is 19.4. The van der Waals surface area contributed by atoms with E-state index in [1.807, 2.05) is 0 Å². The fraction of sp³-hybridized carbons (Fsp3) is 0.500. The lowest BCUT2D eigenvalue weighted by Crippen LogP contribution is -2.41. The molecule has 0 aromatic carbocycles. The molecule has 10 heteroatoms. The van der Waals surface area contributed by atoms with E-state index in [1.54, 1.807) is 0 Å². The summed E-state index contributed by atoms with van der Waals surface area (Å²) in [5.74, 6) is -2.17. The second kappa shape index (κ2) is 8.00. The Balaban J connectivity index is 2.40. The zero-order valence-electron chi connectivity index (χ0n) is 14.4. The maximum atomic E-state index is 12.1. The summed E-state index contributed by atoms with van der Waals surface area (Å²) in [7, 11) is 0. The molecule has 0 amide bonds. The molecule has 1 aliphatic rings. The van der Waals surface area contributed by atoms with Crippen molar-refractivity contribution in [3.63, 3.8) is 0 Å². The SMILES string of the molecule is CC(=O)OC[C@H]1O[C@@H](n2ccc(O)cc2=O)[C@@H](OC(C)=O)[C@H]1OC(C)=O. The van der Waals surface area contributed by atoms with Gasteiger partial charge in [-0.2, -0.15) is 0 Å². The van der Waals surface area contributed by atoms with Gasteiger partial charge in [0.25, 0.3) is 5.56 Å². The molecular formula is C16H19NO9. The average Bonchev–Trinajstić information content (AvgIpc) is 2.82. The minimum absolute atomic E-state index is 0.249. The van der Waals surface area contributed by atoms with Gasteiger partial charge in [-0.1, -0.05) is 0 Å². The van der Waals surface area contributed by atoms with Crippen molar-refractivity contribution in [2.75, 3.05) is 6.61 Å². The summed E-state index contributed by atoms with van der Waals surface area (Å²) in [6, 6.07) is 2.20. The molecule has 1 aromatic heterocycles. The van der Waals surface area contributed by atoms with Crippen LogP contribution in [0.15, 0.2) is 23.1 Å². The van der Waals surface area contributed by atoms with E-state index >= 15 is 0 Å². The number of aromatic hydroxyl groups is 1. The Labute approximate surface area is 148 Å². The number of ether oxygens (including phenoxy) is 4. The van der Waals surface area contributed by atoms with Crippen LogP contribution in [0.1, 0.15) is 27.0 Å². The fourth-order valence-electron chi connectivity index (χ4n) is 2.61. The van der Waals surface area contributed by atoms with Crippen molar-refractivity contribution >= 4 is 17.9 Å². The van der Waals surface area contributed by atoms with E-state index in [-0.39, 0.29) is 12.4 Å². The molecule has 0 spiro atoms. The van der Waals surface area contributed by atoms with Gasteiger partial charge < -0.3 is 24.1 Å². The molecule has 1 aliphatic heterocycles. The number of carbonyl (C=O) groups excluding carboxylic acids is 3. The molecule has 1 saturated heterocycles. The lowest BCUT2D eigenvalue weighted by Gasteiger charge is -2.24. The quantitative estimate of drug-likeness (QED) is 0.557. The molecule has 0 aliphatic carbocycles. The van der Waals surface area contributed by atoms with E-state index in [0.717, 1.165) is 24.5 Å². The molecule has 4 atom stereocenters. The maximum absolute atomic E-state index is 12.1. The first-order chi connectivity index (χ1) is 12.2. The second-order valence-electron chi connectivity index (χ2n) is 5.65. The molecule has 0 unspecified atom stereocenters. The van der Waals surface area contributed by atoms with E-state index in [0.29, 0.717) is 0 Å². The van der Waals surface area contributed by atoms with Crippen LogP contribution < -0.4 is 5.56 Å². The Bertz CT molecular complexity index is 756. The Morgan fingerprint density at radius 3 is 2.27 bits per heavy atom. The molecule has 0 bridgehead atoms. The van der Waals surface area contributed by atoms with Crippen molar-refractivity contribution in [3.05, 3.63) is 28.7 Å². The Morgan fingerprint density at radius 1 is 1.12 bits per heavy atom. The number of pyridine rings is 1. The van der Waals surface area contributed by atoms with Gasteiger partial charge in [0.15, 0.2) is 18.4 Å². The van der Waals surface area contributed by atoms with Crippen molar-refractivity contribution in [1.29, 1.82) is 0 Å². The molecule has 1 aromatic rings. The first kappa shape index (κ1) is 19.4. The molecular weight excluding hydrogens is 350 g/mol. The van der Waals surface area contributed by atoms with Crippen LogP contribution in [0.2, 0.25) is 0 Å². The molecule has 2 rings (SSSR count). The largest absolute Gasteiger partial charge is 0.508 e. The number of esters is 3. The predicted octanol–water partition coefficient (Wildman–Crippen LogP) is -0.122. The molecule has 142 valence electrons. The highest BCUT2D eigenvalue weighted by molar-refractivity contribution is 5.68. The zero-order valence-corrected chi connectivity index (χ0v) is 14.4. The number of hydrogen-bond acceptors (Lipinski definition) is 9. The molecule has 0 radical (unpaired) electrons. The highest BCUT2D eigenvalue weighted by Crippen LogP contribution is 2.33. The molecule has 2 heterocycles. The third kappa shape index (κ3) is 4.60. The standard InChI is InChI=1S/C16H19NO9/c1-8(18)23-7-12-14(24-9(2)19)15(25-10(3)20)16(26-12)17-5-4-11(21)6-13(17)22/h4-6,12,14-16,21H,7H2,1-3H3/t12-,14+,15+,16-/m1/s1. The first-order valence-corrected chi connectivity index (χ1v) is 7.73. The summed E-state index contributed by atoms with van der Waals surface area (Å²) >= 11 is 0. The summed E-state index contributed by atoms with van der Waals surface area (Å²) in [5, 5.41) is 9.39. The van der Waals surface area contributed by atoms with E-state index in [9.17, 15) is 24.3 Å². The number of hydrogen-bond donors (Lipinski definition) is 1. The number of aromatic nitrogens is 1. The lowest BCUT2D eigenvalue weighted by atomic mass is 10.1. The van der Waals surface area contributed by atoms with E-state index < -0.39 is 48.0 Å². The number of rotatable bonds is 5. The summed E-state index contributed by atoms with van der Waals surface area (Å²) in [5.41, 5.74) is -0.623. The first-order valence-electron chi connectivity index (χ1n) is 7.73. The minimum atomic E-state index is -1.15. The van der Waals surface area contributed by atoms with Crippen LogP contribution in [-0.2, 0) is 33.3 Å². The lowest BCUT2D eigenvalue weighted by molar-refractivity contribution is -0.166. The third-order valence-electron chi connectivity index (χ3n) is 3.55. The maximum Gasteiger partial charge on any atom is 0.303 e. The number of nitrogens with zero attached hydrogens (tertiary/aromatic N) is 1. The van der Waals surface area contributed by atoms with Gasteiger partial charge in [-0.25, -0.2) is 0 Å². The predicted molar refractivity (Wildman–Crippen MR) is 84.0 cm³/mol. The van der Waals surface area contributed by atoms with E-state index in [4.69, 9.17) is 18.9 Å². The van der Waals surface area contributed by atoms with E-state index in [2.05, 4.69) is 0 Å². The van der Waals surface area contributed by atoms with Crippen LogP contribution in [0.5, 0.6) is 5.75 Å². The molecule has 1 N–H and O–H groups in total. The molecule has 26 heavy (non-hydrogen) atoms. The van der Waals surface area contributed by atoms with Gasteiger partial charge in [0.1, 0.15) is 18.5 Å². The van der Waals surface area contributed by atoms with Crippen LogP contribution in [0, 0.1) is 0 Å². The van der Waals surface area contributed by atoms with Gasteiger partial charge in [0.05, 0.1) is 0 Å². The van der Waals surface area contributed by atoms with Crippen LogP contribution in [0.25, 0.3) is 0 Å². The van der Waals surface area contributed by atoms with Crippen molar-refractivity contribution in [2.24, 2.45) is 0 Å². The van der Waals surface area contributed by atoms with Crippen molar-refractivity contribution in [2.45, 2.75) is 45.3 Å². The van der Waals surface area contributed by atoms with Crippen LogP contribution >= 0.6 is 0 Å². The Kier molecular flexibility index (Phi) is 5.98. The van der Waals surface area contributed by atoms with E-state index in [1.165, 1.54) is 19.2 Å². The highest BCUT2D eigenvalue weighted by atomic mass is 16.7. The van der Waals surface area contributed by atoms with Gasteiger partial charge in [0, 0.05) is 33.0 Å². The normalized spacial score (nSPS) is 24.7. The van der Waals surface area contributed by atoms with Crippen molar-refractivity contribution in [1.82, 2.24) is 4.57 Å². The Hall–Kier alpha value is -2.88. The average molecular weight is 369 g/mol. The number of carbonyl (C=O) groups is 3. The third-order valence-corrected chi connectivity index (χ3v) is 3.55. The molecule has 10 nitrogen and oxygen atoms in total. The van der Waals surface area contributed by atoms with Gasteiger partial charge in [-0.05, 0) is 6.07 Å². The summed E-state index contributed by atoms with van der Waals surface area (Å²) < 4.78 is 22.1. The molecule has 1 fully saturated rings. The van der Waals surface area contributed by atoms with Gasteiger partial charge >= 0.3 is 17.9 Å². The van der Waals surface area contributed by atoms with Crippen LogP contribution in [0.4, 0.5) is 0 Å². The van der Waals surface area contributed by atoms with Crippen molar-refractivity contribution < 1.29 is 38.4 Å².